The number of amides is 1. The second-order valence-electron chi connectivity index (χ2n) is 4.99. The van der Waals surface area contributed by atoms with Gasteiger partial charge in [-0.15, -0.1) is 0 Å². The molecule has 22 heavy (non-hydrogen) atoms. The van der Waals surface area contributed by atoms with Gasteiger partial charge in [0.25, 0.3) is 5.91 Å². The number of ether oxygens (including phenoxy) is 1. The second-order valence-corrected chi connectivity index (χ2v) is 4.99. The average Bonchev–Trinajstić information content (AvgIpc) is 2.89. The number of hydrogen-bond acceptors (Lipinski definition) is 3. The lowest BCUT2D eigenvalue weighted by molar-refractivity contribution is 0.0599. The molecule has 5 nitrogen and oxygen atoms in total. The Labute approximate surface area is 129 Å². The van der Waals surface area contributed by atoms with Crippen LogP contribution in [0.25, 0.3) is 0 Å². The molecule has 0 aliphatic heterocycles. The summed E-state index contributed by atoms with van der Waals surface area (Å²) in [5.74, 6) is -0.654. The highest BCUT2D eigenvalue weighted by Gasteiger charge is 2.23. The number of aromatic amines is 1. The van der Waals surface area contributed by atoms with Crippen LogP contribution in [0.5, 0.6) is 0 Å². The number of H-pyrrole nitrogens is 1. The molecule has 2 N–H and O–H groups in total. The Morgan fingerprint density at radius 3 is 2.50 bits per heavy atom. The third-order valence-corrected chi connectivity index (χ3v) is 3.59. The number of aromatic nitrogens is 1. The number of aryl methyl sites for hydroxylation is 1. The van der Waals surface area contributed by atoms with E-state index in [9.17, 15) is 9.59 Å². The first-order chi connectivity index (χ1) is 10.6. The van der Waals surface area contributed by atoms with Crippen LogP contribution < -0.4 is 5.32 Å². The molecular weight excluding hydrogens is 280 g/mol. The summed E-state index contributed by atoms with van der Waals surface area (Å²) in [5, 5.41) is 2.86. The van der Waals surface area contributed by atoms with E-state index in [1.807, 2.05) is 37.3 Å². The second kappa shape index (κ2) is 6.93. The van der Waals surface area contributed by atoms with Gasteiger partial charge in [-0.1, -0.05) is 37.3 Å². The number of esters is 1. The number of rotatable bonds is 5. The van der Waals surface area contributed by atoms with Crippen molar-refractivity contribution in [1.82, 2.24) is 10.3 Å². The van der Waals surface area contributed by atoms with Gasteiger partial charge in [-0.05, 0) is 24.5 Å². The molecule has 1 aromatic carbocycles. The van der Waals surface area contributed by atoms with Crippen LogP contribution >= 0.6 is 0 Å². The summed E-state index contributed by atoms with van der Waals surface area (Å²) in [6.45, 7) is 4.11. The van der Waals surface area contributed by atoms with Crippen molar-refractivity contribution in [1.29, 1.82) is 0 Å². The van der Waals surface area contributed by atoms with Crippen molar-refractivity contribution >= 4 is 11.9 Å². The third-order valence-electron chi connectivity index (χ3n) is 3.59. The first kappa shape index (κ1) is 15.8. The number of carbonyl (C=O) groups is 2. The van der Waals surface area contributed by atoms with Gasteiger partial charge < -0.3 is 15.0 Å². The highest BCUT2D eigenvalue weighted by atomic mass is 16.5. The van der Waals surface area contributed by atoms with Gasteiger partial charge in [-0.2, -0.15) is 0 Å². The Morgan fingerprint density at radius 1 is 1.23 bits per heavy atom. The maximum absolute atomic E-state index is 12.3. The molecule has 0 saturated heterocycles. The molecule has 1 aromatic heterocycles. The number of nitrogens with one attached hydrogen (secondary N) is 2. The minimum Gasteiger partial charge on any atom is -0.465 e. The van der Waals surface area contributed by atoms with Crippen LogP contribution in [0.4, 0.5) is 0 Å². The van der Waals surface area contributed by atoms with Gasteiger partial charge in [-0.3, -0.25) is 4.79 Å². The molecule has 0 aliphatic rings. The third kappa shape index (κ3) is 3.19. The lowest BCUT2D eigenvalue weighted by atomic mass is 10.1. The van der Waals surface area contributed by atoms with Crippen LogP contribution in [-0.2, 0) is 17.7 Å². The molecule has 0 fully saturated rings. The Kier molecular flexibility index (Phi) is 4.99. The van der Waals surface area contributed by atoms with Crippen LogP contribution in [-0.4, -0.2) is 24.0 Å². The molecule has 1 heterocycles. The van der Waals surface area contributed by atoms with Crippen LogP contribution in [0.2, 0.25) is 0 Å². The summed E-state index contributed by atoms with van der Waals surface area (Å²) in [7, 11) is 1.34. The highest BCUT2D eigenvalue weighted by molar-refractivity contribution is 6.00. The standard InChI is InChI=1S/C17H20N2O3/c1-4-13-14(17(21)22-3)11(2)15(19-13)16(20)18-10-12-8-6-5-7-9-12/h5-9,19H,4,10H2,1-3H3,(H,18,20). The largest absolute Gasteiger partial charge is 0.465 e. The number of benzene rings is 1. The molecule has 2 rings (SSSR count). The first-order valence-corrected chi connectivity index (χ1v) is 7.20. The average molecular weight is 300 g/mol. The molecule has 0 atom stereocenters. The SMILES string of the molecule is CCc1[nH]c(C(=O)NCc2ccccc2)c(C)c1C(=O)OC. The molecule has 116 valence electrons. The van der Waals surface area contributed by atoms with Crippen molar-refractivity contribution in [2.75, 3.05) is 7.11 Å². The molecule has 1 amide bonds. The van der Waals surface area contributed by atoms with Gasteiger partial charge >= 0.3 is 5.97 Å². The summed E-state index contributed by atoms with van der Waals surface area (Å²) < 4.78 is 4.79. The number of methoxy groups -OCH3 is 1. The zero-order valence-electron chi connectivity index (χ0n) is 13.0. The fourth-order valence-electron chi connectivity index (χ4n) is 2.40. The van der Waals surface area contributed by atoms with Crippen molar-refractivity contribution in [3.63, 3.8) is 0 Å². The molecule has 0 saturated carbocycles. The van der Waals surface area contributed by atoms with E-state index >= 15 is 0 Å². The van der Waals surface area contributed by atoms with E-state index in [1.54, 1.807) is 6.92 Å². The zero-order chi connectivity index (χ0) is 16.1. The summed E-state index contributed by atoms with van der Waals surface area (Å²) in [6, 6.07) is 9.66. The molecule has 0 bridgehead atoms. The van der Waals surface area contributed by atoms with Crippen molar-refractivity contribution in [2.24, 2.45) is 0 Å². The maximum atomic E-state index is 12.3. The van der Waals surface area contributed by atoms with Gasteiger partial charge in [0, 0.05) is 12.2 Å². The Hall–Kier alpha value is -2.56. The van der Waals surface area contributed by atoms with Crippen LogP contribution in [0.1, 0.15) is 44.6 Å². The monoisotopic (exact) mass is 300 g/mol. The number of carbonyl (C=O) groups excluding carboxylic acids is 2. The van der Waals surface area contributed by atoms with Gasteiger partial charge in [0.05, 0.1) is 12.7 Å². The quantitative estimate of drug-likeness (QED) is 0.834. The van der Waals surface area contributed by atoms with Crippen molar-refractivity contribution in [3.8, 4) is 0 Å². The van der Waals surface area contributed by atoms with E-state index in [0.717, 1.165) is 5.56 Å². The van der Waals surface area contributed by atoms with Crippen molar-refractivity contribution < 1.29 is 14.3 Å². The molecule has 0 aliphatic carbocycles. The highest BCUT2D eigenvalue weighted by Crippen LogP contribution is 2.20. The van der Waals surface area contributed by atoms with Crippen LogP contribution in [0.15, 0.2) is 30.3 Å². The van der Waals surface area contributed by atoms with E-state index in [2.05, 4.69) is 10.3 Å². The van der Waals surface area contributed by atoms with Gasteiger partial charge in [0.2, 0.25) is 0 Å². The van der Waals surface area contributed by atoms with E-state index < -0.39 is 5.97 Å². The fraction of sp³-hybridized carbons (Fsp3) is 0.294. The molecule has 0 radical (unpaired) electrons. The first-order valence-electron chi connectivity index (χ1n) is 7.20. The Balaban J connectivity index is 2.19. The van der Waals surface area contributed by atoms with Crippen molar-refractivity contribution in [2.45, 2.75) is 26.8 Å². The van der Waals surface area contributed by atoms with E-state index in [-0.39, 0.29) is 5.91 Å². The molecule has 2 aromatic rings. The predicted octanol–water partition coefficient (Wildman–Crippen LogP) is 2.60. The van der Waals surface area contributed by atoms with Gasteiger partial charge in [-0.25, -0.2) is 4.79 Å². The van der Waals surface area contributed by atoms with E-state index in [1.165, 1.54) is 7.11 Å². The molecule has 0 unspecified atom stereocenters. The minimum absolute atomic E-state index is 0.230. The van der Waals surface area contributed by atoms with Crippen LogP contribution in [0.3, 0.4) is 0 Å². The Bertz CT molecular complexity index is 675. The van der Waals surface area contributed by atoms with E-state index in [4.69, 9.17) is 4.74 Å². The topological polar surface area (TPSA) is 71.2 Å². The molecule has 5 heteroatoms. The summed E-state index contributed by atoms with van der Waals surface area (Å²) in [5.41, 5.74) is 3.22. The van der Waals surface area contributed by atoms with Crippen LogP contribution in [0, 0.1) is 6.92 Å². The maximum Gasteiger partial charge on any atom is 0.339 e. The summed E-state index contributed by atoms with van der Waals surface area (Å²) >= 11 is 0. The smallest absolute Gasteiger partial charge is 0.339 e. The molecular formula is C17H20N2O3. The lowest BCUT2D eigenvalue weighted by Gasteiger charge is -2.05. The van der Waals surface area contributed by atoms with Gasteiger partial charge in [0.15, 0.2) is 0 Å². The number of hydrogen-bond donors (Lipinski definition) is 2. The van der Waals surface area contributed by atoms with Crippen molar-refractivity contribution in [3.05, 3.63) is 58.4 Å². The molecule has 0 spiro atoms. The normalized spacial score (nSPS) is 10.3. The summed E-state index contributed by atoms with van der Waals surface area (Å²) in [4.78, 5) is 27.2. The lowest BCUT2D eigenvalue weighted by Crippen LogP contribution is -2.24. The van der Waals surface area contributed by atoms with E-state index in [0.29, 0.717) is 35.5 Å². The predicted molar refractivity (Wildman–Crippen MR) is 83.9 cm³/mol. The van der Waals surface area contributed by atoms with Gasteiger partial charge in [0.1, 0.15) is 5.69 Å². The fourth-order valence-corrected chi connectivity index (χ4v) is 2.40. The minimum atomic E-state index is -0.423. The Morgan fingerprint density at radius 2 is 1.91 bits per heavy atom. The zero-order valence-corrected chi connectivity index (χ0v) is 13.0. The summed E-state index contributed by atoms with van der Waals surface area (Å²) in [6.07, 6.45) is 0.622.